The average Bonchev–Trinajstić information content (AvgIpc) is 2.99. The normalized spacial score (nSPS) is 26.8. The van der Waals surface area contributed by atoms with Crippen molar-refractivity contribution in [2.24, 2.45) is 11.8 Å². The first-order valence-corrected chi connectivity index (χ1v) is 9.88. The molecule has 0 amide bonds. The molecule has 0 bridgehead atoms. The van der Waals surface area contributed by atoms with Crippen molar-refractivity contribution in [1.82, 2.24) is 4.90 Å². The van der Waals surface area contributed by atoms with E-state index in [9.17, 15) is 0 Å². The molecule has 3 saturated heterocycles. The summed E-state index contributed by atoms with van der Waals surface area (Å²) in [6.45, 7) is 7.32. The minimum absolute atomic E-state index is 0.0221. The fourth-order valence-electron chi connectivity index (χ4n) is 4.38. The fraction of sp³-hybridized carbons (Fsp3) is 0.700. The summed E-state index contributed by atoms with van der Waals surface area (Å²) in [5.74, 6) is 1.20. The van der Waals surface area contributed by atoms with Crippen LogP contribution < -0.4 is 0 Å². The Labute approximate surface area is 155 Å². The van der Waals surface area contributed by atoms with Gasteiger partial charge in [0, 0.05) is 57.0 Å². The zero-order valence-corrected chi connectivity index (χ0v) is 15.5. The van der Waals surface area contributed by atoms with Crippen LogP contribution in [0, 0.1) is 11.8 Å². The molecule has 0 unspecified atom stereocenters. The molecular formula is C20H28ClNO3. The first kappa shape index (κ1) is 17.7. The van der Waals surface area contributed by atoms with E-state index >= 15 is 0 Å². The van der Waals surface area contributed by atoms with Crippen LogP contribution in [-0.4, -0.2) is 56.6 Å². The molecule has 5 heteroatoms. The summed E-state index contributed by atoms with van der Waals surface area (Å²) in [5.41, 5.74) is 1.29. The van der Waals surface area contributed by atoms with E-state index in [4.69, 9.17) is 25.8 Å². The van der Waals surface area contributed by atoms with E-state index in [-0.39, 0.29) is 5.60 Å². The van der Waals surface area contributed by atoms with Crippen LogP contribution in [0.3, 0.4) is 0 Å². The second-order valence-corrected chi connectivity index (χ2v) is 8.20. The Morgan fingerprint density at radius 1 is 1.12 bits per heavy atom. The van der Waals surface area contributed by atoms with Crippen molar-refractivity contribution in [3.05, 3.63) is 34.9 Å². The number of rotatable bonds is 6. The smallest absolute Gasteiger partial charge is 0.0985 e. The summed E-state index contributed by atoms with van der Waals surface area (Å²) in [7, 11) is 0. The van der Waals surface area contributed by atoms with Gasteiger partial charge in [-0.1, -0.05) is 23.7 Å². The number of halogens is 1. The predicted molar refractivity (Wildman–Crippen MR) is 97.9 cm³/mol. The van der Waals surface area contributed by atoms with E-state index in [2.05, 4.69) is 17.0 Å². The van der Waals surface area contributed by atoms with E-state index in [1.165, 1.54) is 5.56 Å². The lowest BCUT2D eigenvalue weighted by Gasteiger charge is -2.50. The fourth-order valence-corrected chi connectivity index (χ4v) is 4.59. The summed E-state index contributed by atoms with van der Waals surface area (Å²) in [4.78, 5) is 2.45. The highest BCUT2D eigenvalue weighted by atomic mass is 35.5. The molecule has 0 aliphatic carbocycles. The Bertz CT molecular complexity index is 570. The van der Waals surface area contributed by atoms with Gasteiger partial charge in [-0.2, -0.15) is 0 Å². The third kappa shape index (κ3) is 4.20. The van der Waals surface area contributed by atoms with Crippen molar-refractivity contribution in [3.8, 4) is 0 Å². The van der Waals surface area contributed by atoms with Crippen molar-refractivity contribution < 1.29 is 14.2 Å². The molecule has 0 radical (unpaired) electrons. The van der Waals surface area contributed by atoms with Crippen molar-refractivity contribution in [1.29, 1.82) is 0 Å². The van der Waals surface area contributed by atoms with Gasteiger partial charge in [0.1, 0.15) is 0 Å². The largest absolute Gasteiger partial charge is 0.381 e. The number of nitrogens with zero attached hydrogens (tertiary/aromatic N) is 1. The summed E-state index contributed by atoms with van der Waals surface area (Å²) in [6.07, 6.45) is 3.40. The molecule has 3 aliphatic heterocycles. The van der Waals surface area contributed by atoms with E-state index in [0.717, 1.165) is 77.0 Å². The molecule has 1 atom stereocenters. The Morgan fingerprint density at radius 2 is 1.96 bits per heavy atom. The molecule has 0 N–H and O–H groups in total. The Morgan fingerprint density at radius 3 is 2.76 bits per heavy atom. The lowest BCUT2D eigenvalue weighted by Crippen LogP contribution is -2.64. The van der Waals surface area contributed by atoms with E-state index in [1.807, 2.05) is 12.1 Å². The summed E-state index contributed by atoms with van der Waals surface area (Å²) in [6, 6.07) is 8.14. The van der Waals surface area contributed by atoms with Gasteiger partial charge in [-0.15, -0.1) is 0 Å². The van der Waals surface area contributed by atoms with Crippen LogP contribution in [0.1, 0.15) is 24.8 Å². The standard InChI is InChI=1S/C20H28ClNO3/c21-19-3-1-2-17(10-19)11-22-14-20(15-22)18(6-9-25-20)13-24-12-16-4-7-23-8-5-16/h1-3,10,16,18H,4-9,11-15H2/t18-/m0/s1. The molecule has 25 heavy (non-hydrogen) atoms. The van der Waals surface area contributed by atoms with Crippen molar-refractivity contribution in [2.45, 2.75) is 31.4 Å². The number of hydrogen-bond acceptors (Lipinski definition) is 4. The molecule has 4 rings (SSSR count). The van der Waals surface area contributed by atoms with Crippen LogP contribution in [-0.2, 0) is 20.8 Å². The molecule has 138 valence electrons. The van der Waals surface area contributed by atoms with Gasteiger partial charge in [0.15, 0.2) is 0 Å². The number of hydrogen-bond donors (Lipinski definition) is 0. The van der Waals surface area contributed by atoms with E-state index < -0.39 is 0 Å². The van der Waals surface area contributed by atoms with E-state index in [0.29, 0.717) is 11.8 Å². The predicted octanol–water partition coefficient (Wildman–Crippen LogP) is 3.37. The highest BCUT2D eigenvalue weighted by Crippen LogP contribution is 2.40. The Hall–Kier alpha value is -0.650. The molecule has 1 aromatic carbocycles. The summed E-state index contributed by atoms with van der Waals surface area (Å²) >= 11 is 6.09. The summed E-state index contributed by atoms with van der Waals surface area (Å²) < 4.78 is 17.7. The first-order chi connectivity index (χ1) is 12.2. The highest BCUT2D eigenvalue weighted by Gasteiger charge is 2.52. The van der Waals surface area contributed by atoms with Crippen LogP contribution in [0.2, 0.25) is 5.02 Å². The molecular weight excluding hydrogens is 338 g/mol. The molecule has 0 saturated carbocycles. The van der Waals surface area contributed by atoms with Crippen molar-refractivity contribution in [2.75, 3.05) is 46.1 Å². The van der Waals surface area contributed by atoms with Crippen LogP contribution in [0.4, 0.5) is 0 Å². The second kappa shape index (κ2) is 7.93. The summed E-state index contributed by atoms with van der Waals surface area (Å²) in [5, 5.41) is 0.809. The average molecular weight is 366 g/mol. The highest BCUT2D eigenvalue weighted by molar-refractivity contribution is 6.30. The molecule has 1 spiro atoms. The first-order valence-electron chi connectivity index (χ1n) is 9.50. The van der Waals surface area contributed by atoms with Crippen LogP contribution in [0.5, 0.6) is 0 Å². The van der Waals surface area contributed by atoms with Gasteiger partial charge in [0.2, 0.25) is 0 Å². The monoisotopic (exact) mass is 365 g/mol. The maximum absolute atomic E-state index is 6.16. The molecule has 3 aliphatic rings. The number of ether oxygens (including phenoxy) is 3. The number of benzene rings is 1. The molecule has 3 fully saturated rings. The van der Waals surface area contributed by atoms with Gasteiger partial charge in [-0.3, -0.25) is 4.90 Å². The van der Waals surface area contributed by atoms with Crippen LogP contribution in [0.15, 0.2) is 24.3 Å². The third-order valence-electron chi connectivity index (χ3n) is 5.89. The molecule has 1 aromatic rings. The van der Waals surface area contributed by atoms with Gasteiger partial charge in [0.25, 0.3) is 0 Å². The minimum Gasteiger partial charge on any atom is -0.381 e. The second-order valence-electron chi connectivity index (χ2n) is 7.77. The van der Waals surface area contributed by atoms with Gasteiger partial charge >= 0.3 is 0 Å². The minimum atomic E-state index is 0.0221. The van der Waals surface area contributed by atoms with Crippen LogP contribution >= 0.6 is 11.6 Å². The Balaban J connectivity index is 1.23. The zero-order chi connectivity index (χ0) is 17.1. The van der Waals surface area contributed by atoms with Crippen molar-refractivity contribution in [3.63, 3.8) is 0 Å². The number of likely N-dealkylation sites (tertiary alicyclic amines) is 1. The lowest BCUT2D eigenvalue weighted by molar-refractivity contribution is -0.147. The topological polar surface area (TPSA) is 30.9 Å². The van der Waals surface area contributed by atoms with Gasteiger partial charge < -0.3 is 14.2 Å². The van der Waals surface area contributed by atoms with Crippen molar-refractivity contribution >= 4 is 11.6 Å². The molecule has 0 aromatic heterocycles. The third-order valence-corrected chi connectivity index (χ3v) is 6.13. The molecule has 3 heterocycles. The van der Waals surface area contributed by atoms with Gasteiger partial charge in [0.05, 0.1) is 12.2 Å². The lowest BCUT2D eigenvalue weighted by atomic mass is 9.81. The van der Waals surface area contributed by atoms with E-state index in [1.54, 1.807) is 0 Å². The van der Waals surface area contributed by atoms with Crippen LogP contribution in [0.25, 0.3) is 0 Å². The quantitative estimate of drug-likeness (QED) is 0.773. The Kier molecular flexibility index (Phi) is 5.63. The zero-order valence-electron chi connectivity index (χ0n) is 14.8. The maximum Gasteiger partial charge on any atom is 0.0985 e. The maximum atomic E-state index is 6.16. The van der Waals surface area contributed by atoms with Gasteiger partial charge in [-0.05, 0) is 42.9 Å². The SMILES string of the molecule is Clc1cccc(CN2CC3(C2)OCC[C@H]3COCC2CCOCC2)c1. The van der Waals surface area contributed by atoms with Gasteiger partial charge in [-0.25, -0.2) is 0 Å². The molecule has 4 nitrogen and oxygen atoms in total.